The van der Waals surface area contributed by atoms with Crippen molar-refractivity contribution in [2.24, 2.45) is 5.73 Å². The first-order chi connectivity index (χ1) is 6.86. The van der Waals surface area contributed by atoms with E-state index in [1.165, 1.54) is 0 Å². The van der Waals surface area contributed by atoms with Crippen LogP contribution in [0.15, 0.2) is 22.8 Å². The quantitative estimate of drug-likeness (QED) is 0.829. The molecule has 2 heterocycles. The molecule has 2 N–H and O–H groups in total. The van der Waals surface area contributed by atoms with Gasteiger partial charge in [0.1, 0.15) is 5.76 Å². The van der Waals surface area contributed by atoms with Crippen LogP contribution in [0.2, 0.25) is 0 Å². The van der Waals surface area contributed by atoms with Crippen molar-refractivity contribution < 1.29 is 9.15 Å². The highest BCUT2D eigenvalue weighted by Crippen LogP contribution is 2.23. The fourth-order valence-corrected chi connectivity index (χ4v) is 2.60. The topological polar surface area (TPSA) is 48.4 Å². The van der Waals surface area contributed by atoms with E-state index in [9.17, 15) is 0 Å². The van der Waals surface area contributed by atoms with Crippen LogP contribution in [0, 0.1) is 0 Å². The number of hydrogen-bond acceptors (Lipinski definition) is 4. The molecule has 1 aromatic heterocycles. The van der Waals surface area contributed by atoms with Crippen LogP contribution < -0.4 is 5.73 Å². The summed E-state index contributed by atoms with van der Waals surface area (Å²) < 4.78 is 10.6. The summed E-state index contributed by atoms with van der Waals surface area (Å²) in [6, 6.07) is 4.17. The van der Waals surface area contributed by atoms with E-state index < -0.39 is 0 Å². The Bertz CT molecular complexity index is 263. The lowest BCUT2D eigenvalue weighted by molar-refractivity contribution is 0.0915. The van der Waals surface area contributed by atoms with Crippen molar-refractivity contribution in [1.82, 2.24) is 0 Å². The second-order valence-corrected chi connectivity index (χ2v) is 4.68. The zero-order chi connectivity index (χ0) is 9.80. The van der Waals surface area contributed by atoms with Crippen LogP contribution in [0.25, 0.3) is 0 Å². The summed E-state index contributed by atoms with van der Waals surface area (Å²) in [7, 11) is 0. The zero-order valence-electron chi connectivity index (χ0n) is 8.02. The number of hydrogen-bond donors (Lipinski definition) is 1. The van der Waals surface area contributed by atoms with Gasteiger partial charge in [-0.05, 0) is 18.6 Å². The summed E-state index contributed by atoms with van der Waals surface area (Å²) in [5.41, 5.74) is 5.99. The second kappa shape index (κ2) is 4.87. The molecule has 0 spiro atoms. The molecule has 1 fully saturated rings. The molecule has 0 bridgehead atoms. The maximum Gasteiger partial charge on any atom is 0.113 e. The Labute approximate surface area is 88.0 Å². The number of rotatable bonds is 3. The van der Waals surface area contributed by atoms with Crippen molar-refractivity contribution in [3.63, 3.8) is 0 Å². The number of nitrogens with two attached hydrogens (primary N) is 1. The molecule has 2 unspecified atom stereocenters. The Morgan fingerprint density at radius 1 is 1.57 bits per heavy atom. The van der Waals surface area contributed by atoms with Gasteiger partial charge in [0.25, 0.3) is 0 Å². The second-order valence-electron chi connectivity index (χ2n) is 3.46. The highest BCUT2D eigenvalue weighted by atomic mass is 32.2. The largest absolute Gasteiger partial charge is 0.468 e. The third-order valence-corrected chi connectivity index (χ3v) is 3.74. The smallest absolute Gasteiger partial charge is 0.113 e. The van der Waals surface area contributed by atoms with Gasteiger partial charge in [0.05, 0.1) is 18.6 Å². The summed E-state index contributed by atoms with van der Waals surface area (Å²) >= 11 is 1.82. The average Bonchev–Trinajstić information content (AvgIpc) is 2.69. The van der Waals surface area contributed by atoms with Crippen LogP contribution in [-0.2, 0) is 10.5 Å². The van der Waals surface area contributed by atoms with Gasteiger partial charge in [0.15, 0.2) is 0 Å². The Kier molecular flexibility index (Phi) is 3.50. The molecule has 0 aromatic carbocycles. The van der Waals surface area contributed by atoms with Crippen LogP contribution in [-0.4, -0.2) is 24.5 Å². The predicted molar refractivity (Wildman–Crippen MR) is 57.2 cm³/mol. The third-order valence-electron chi connectivity index (χ3n) is 2.37. The molecule has 4 heteroatoms. The fraction of sp³-hybridized carbons (Fsp3) is 0.600. The Hall–Kier alpha value is -0.450. The number of furan rings is 1. The number of ether oxygens (including phenoxy) is 1. The lowest BCUT2D eigenvalue weighted by Crippen LogP contribution is -2.40. The van der Waals surface area contributed by atoms with Crippen molar-refractivity contribution in [2.75, 3.05) is 13.2 Å². The molecule has 2 rings (SSSR count). The molecule has 0 radical (unpaired) electrons. The molecule has 2 atom stereocenters. The molecule has 1 aliphatic heterocycles. The van der Waals surface area contributed by atoms with Gasteiger partial charge in [-0.15, -0.1) is 11.8 Å². The van der Waals surface area contributed by atoms with Crippen molar-refractivity contribution in [1.29, 1.82) is 0 Å². The van der Waals surface area contributed by atoms with Crippen LogP contribution in [0.3, 0.4) is 0 Å². The highest BCUT2D eigenvalue weighted by molar-refractivity contribution is 7.99. The minimum absolute atomic E-state index is 0.267. The molecule has 0 amide bonds. The van der Waals surface area contributed by atoms with E-state index in [1.807, 2.05) is 23.9 Å². The van der Waals surface area contributed by atoms with Crippen LogP contribution in [0.1, 0.15) is 12.2 Å². The van der Waals surface area contributed by atoms with Crippen molar-refractivity contribution in [2.45, 2.75) is 23.5 Å². The number of thioether (sulfide) groups is 1. The van der Waals surface area contributed by atoms with Gasteiger partial charge in [0.2, 0.25) is 0 Å². The van der Waals surface area contributed by atoms with Gasteiger partial charge in [-0.1, -0.05) is 0 Å². The van der Waals surface area contributed by atoms with Crippen LogP contribution in [0.4, 0.5) is 0 Å². The maximum absolute atomic E-state index is 5.99. The van der Waals surface area contributed by atoms with E-state index in [0.717, 1.165) is 31.1 Å². The third kappa shape index (κ3) is 2.53. The van der Waals surface area contributed by atoms with Crippen LogP contribution in [0.5, 0.6) is 0 Å². The minimum atomic E-state index is 0.267. The summed E-state index contributed by atoms with van der Waals surface area (Å²) in [5.74, 6) is 1.89. The monoisotopic (exact) mass is 213 g/mol. The van der Waals surface area contributed by atoms with Crippen molar-refractivity contribution in [3.05, 3.63) is 24.2 Å². The molecular weight excluding hydrogens is 198 g/mol. The minimum Gasteiger partial charge on any atom is -0.468 e. The summed E-state index contributed by atoms with van der Waals surface area (Å²) in [5, 5.41) is 0.411. The fourth-order valence-electron chi connectivity index (χ4n) is 1.48. The Morgan fingerprint density at radius 2 is 2.50 bits per heavy atom. The lowest BCUT2D eigenvalue weighted by Gasteiger charge is -2.27. The summed E-state index contributed by atoms with van der Waals surface area (Å²) in [6.45, 7) is 1.57. The molecule has 14 heavy (non-hydrogen) atoms. The van der Waals surface area contributed by atoms with E-state index in [0.29, 0.717) is 5.25 Å². The molecule has 0 aliphatic carbocycles. The Morgan fingerprint density at radius 3 is 3.21 bits per heavy atom. The highest BCUT2D eigenvalue weighted by Gasteiger charge is 2.22. The summed E-state index contributed by atoms with van der Waals surface area (Å²) in [6.07, 6.45) is 2.67. The van der Waals surface area contributed by atoms with Crippen LogP contribution >= 0.6 is 11.8 Å². The molecule has 3 nitrogen and oxygen atoms in total. The zero-order valence-corrected chi connectivity index (χ0v) is 8.83. The first kappa shape index (κ1) is 10.1. The average molecular weight is 213 g/mol. The van der Waals surface area contributed by atoms with E-state index >= 15 is 0 Å². The van der Waals surface area contributed by atoms with Gasteiger partial charge in [-0.2, -0.15) is 0 Å². The van der Waals surface area contributed by atoms with Crippen molar-refractivity contribution in [3.8, 4) is 0 Å². The summed E-state index contributed by atoms with van der Waals surface area (Å²) in [4.78, 5) is 0. The maximum atomic E-state index is 5.99. The normalized spacial score (nSPS) is 27.8. The van der Waals surface area contributed by atoms with Gasteiger partial charge < -0.3 is 14.9 Å². The molecule has 0 saturated carbocycles. The Balaban J connectivity index is 1.79. The predicted octanol–water partition coefficient (Wildman–Crippen LogP) is 1.63. The molecule has 1 aromatic rings. The van der Waals surface area contributed by atoms with Gasteiger partial charge in [-0.3, -0.25) is 0 Å². The van der Waals surface area contributed by atoms with Gasteiger partial charge in [0, 0.05) is 17.9 Å². The van der Waals surface area contributed by atoms with E-state index in [1.54, 1.807) is 6.26 Å². The molecule has 78 valence electrons. The lowest BCUT2D eigenvalue weighted by atomic mass is 10.1. The van der Waals surface area contributed by atoms with Gasteiger partial charge in [-0.25, -0.2) is 0 Å². The van der Waals surface area contributed by atoms with E-state index in [2.05, 4.69) is 0 Å². The van der Waals surface area contributed by atoms with Crippen molar-refractivity contribution >= 4 is 11.8 Å². The SMILES string of the molecule is NC1CCOCC1SCc1ccco1. The van der Waals surface area contributed by atoms with Gasteiger partial charge >= 0.3 is 0 Å². The molecule has 1 saturated heterocycles. The standard InChI is InChI=1S/C10H15NO2S/c11-9-3-5-12-6-10(9)14-7-8-2-1-4-13-8/h1-2,4,9-10H,3,5-7,11H2. The molecule has 1 aliphatic rings. The van der Waals surface area contributed by atoms with E-state index in [4.69, 9.17) is 14.9 Å². The molecular formula is C10H15NO2S. The van der Waals surface area contributed by atoms with E-state index in [-0.39, 0.29) is 6.04 Å². The first-order valence-corrected chi connectivity index (χ1v) is 5.88. The first-order valence-electron chi connectivity index (χ1n) is 4.83.